The highest BCUT2D eigenvalue weighted by Crippen LogP contribution is 2.51. The third-order valence-electron chi connectivity index (χ3n) is 6.65. The van der Waals surface area contributed by atoms with Crippen molar-refractivity contribution in [2.24, 2.45) is 23.7 Å². The minimum absolute atomic E-state index is 0.00535. The molecule has 1 fully saturated rings. The topological polar surface area (TPSA) is 24.5 Å². The first kappa shape index (κ1) is 18.7. The molecule has 1 N–H and O–H groups in total. The Bertz CT molecular complexity index is 573. The van der Waals surface area contributed by atoms with Crippen molar-refractivity contribution in [3.63, 3.8) is 0 Å². The summed E-state index contributed by atoms with van der Waals surface area (Å²) in [6, 6.07) is 8.63. The van der Waals surface area contributed by atoms with Crippen LogP contribution in [0.1, 0.15) is 39.2 Å². The van der Waals surface area contributed by atoms with Gasteiger partial charge < -0.3 is 15.0 Å². The van der Waals surface area contributed by atoms with Crippen LogP contribution in [0.2, 0.25) is 0 Å². The lowest BCUT2D eigenvalue weighted by molar-refractivity contribution is -0.0887. The van der Waals surface area contributed by atoms with Crippen LogP contribution in [0.3, 0.4) is 0 Å². The number of ether oxygens (including phenoxy) is 1. The van der Waals surface area contributed by atoms with E-state index in [0.717, 1.165) is 37.7 Å². The Hall–Kier alpha value is -1.06. The van der Waals surface area contributed by atoms with Crippen LogP contribution in [0, 0.1) is 23.7 Å². The van der Waals surface area contributed by atoms with E-state index in [4.69, 9.17) is 4.74 Å². The molecule has 25 heavy (non-hydrogen) atoms. The fourth-order valence-electron chi connectivity index (χ4n) is 5.27. The number of nitrogens with one attached hydrogen (secondary N) is 1. The highest BCUT2D eigenvalue weighted by Gasteiger charge is 2.51. The molecule has 0 spiro atoms. The average molecular weight is 345 g/mol. The SMILES string of the molecule is C[C@@H]1[C@H](CNCCCN(C)C)[C@@H](C)C[C@]2(C)Oc3ccccc3C[C@H]12. The quantitative estimate of drug-likeness (QED) is 0.794. The van der Waals surface area contributed by atoms with Gasteiger partial charge in [-0.3, -0.25) is 0 Å². The summed E-state index contributed by atoms with van der Waals surface area (Å²) in [5.74, 6) is 3.85. The van der Waals surface area contributed by atoms with E-state index < -0.39 is 0 Å². The molecule has 1 saturated carbocycles. The highest BCUT2D eigenvalue weighted by molar-refractivity contribution is 5.37. The molecule has 0 radical (unpaired) electrons. The number of hydrogen-bond acceptors (Lipinski definition) is 3. The molecule has 0 saturated heterocycles. The predicted octanol–water partition coefficient (Wildman–Crippen LogP) is 3.83. The zero-order valence-electron chi connectivity index (χ0n) is 16.7. The maximum Gasteiger partial charge on any atom is 0.123 e. The van der Waals surface area contributed by atoms with E-state index in [9.17, 15) is 0 Å². The number of para-hydroxylation sites is 1. The molecule has 3 heteroatoms. The molecule has 0 aromatic heterocycles. The van der Waals surface area contributed by atoms with E-state index in [-0.39, 0.29) is 5.60 Å². The van der Waals surface area contributed by atoms with Crippen molar-refractivity contribution in [2.75, 3.05) is 33.7 Å². The summed E-state index contributed by atoms with van der Waals surface area (Å²) >= 11 is 0. The van der Waals surface area contributed by atoms with Gasteiger partial charge in [-0.05, 0) is 89.3 Å². The lowest BCUT2D eigenvalue weighted by atomic mass is 9.59. The summed E-state index contributed by atoms with van der Waals surface area (Å²) < 4.78 is 6.56. The normalized spacial score (nSPS) is 34.3. The molecule has 0 bridgehead atoms. The molecule has 140 valence electrons. The number of fused-ring (bicyclic) bond motifs is 2. The molecular formula is C22H36N2O. The summed E-state index contributed by atoms with van der Waals surface area (Å²) in [7, 11) is 4.29. The fourth-order valence-corrected chi connectivity index (χ4v) is 5.27. The number of hydrogen-bond donors (Lipinski definition) is 1. The van der Waals surface area contributed by atoms with Gasteiger partial charge in [-0.2, -0.15) is 0 Å². The van der Waals surface area contributed by atoms with Gasteiger partial charge in [0.25, 0.3) is 0 Å². The van der Waals surface area contributed by atoms with Crippen LogP contribution in [-0.4, -0.2) is 44.2 Å². The monoisotopic (exact) mass is 344 g/mol. The van der Waals surface area contributed by atoms with Gasteiger partial charge in [0.2, 0.25) is 0 Å². The average Bonchev–Trinajstić information content (AvgIpc) is 2.55. The highest BCUT2D eigenvalue weighted by atomic mass is 16.5. The molecule has 1 aliphatic heterocycles. The van der Waals surface area contributed by atoms with Gasteiger partial charge in [-0.1, -0.05) is 32.0 Å². The van der Waals surface area contributed by atoms with Crippen molar-refractivity contribution < 1.29 is 4.74 Å². The minimum atomic E-state index is -0.00535. The van der Waals surface area contributed by atoms with Crippen LogP contribution in [0.15, 0.2) is 24.3 Å². The Morgan fingerprint density at radius 2 is 2.00 bits per heavy atom. The van der Waals surface area contributed by atoms with E-state index >= 15 is 0 Å². The van der Waals surface area contributed by atoms with Gasteiger partial charge in [0, 0.05) is 5.92 Å². The molecule has 1 aromatic rings. The van der Waals surface area contributed by atoms with Crippen LogP contribution in [0.4, 0.5) is 0 Å². The Kier molecular flexibility index (Phi) is 5.75. The van der Waals surface area contributed by atoms with Crippen molar-refractivity contribution in [1.82, 2.24) is 10.2 Å². The summed E-state index contributed by atoms with van der Waals surface area (Å²) in [5.41, 5.74) is 1.39. The second kappa shape index (κ2) is 7.67. The number of nitrogens with zero attached hydrogens (tertiary/aromatic N) is 1. The zero-order chi connectivity index (χ0) is 18.0. The van der Waals surface area contributed by atoms with Crippen LogP contribution >= 0.6 is 0 Å². The first-order valence-corrected chi connectivity index (χ1v) is 10.0. The van der Waals surface area contributed by atoms with Gasteiger partial charge in [0.1, 0.15) is 11.4 Å². The van der Waals surface area contributed by atoms with Gasteiger partial charge >= 0.3 is 0 Å². The molecule has 0 unspecified atom stereocenters. The molecule has 5 atom stereocenters. The van der Waals surface area contributed by atoms with Gasteiger partial charge in [0.15, 0.2) is 0 Å². The van der Waals surface area contributed by atoms with Gasteiger partial charge in [-0.25, -0.2) is 0 Å². The summed E-state index contributed by atoms with van der Waals surface area (Å²) in [6.45, 7) is 10.7. The van der Waals surface area contributed by atoms with E-state index in [2.05, 4.69) is 69.3 Å². The third-order valence-corrected chi connectivity index (χ3v) is 6.65. The van der Waals surface area contributed by atoms with Crippen LogP contribution in [0.5, 0.6) is 5.75 Å². The number of rotatable bonds is 6. The number of benzene rings is 1. The first-order valence-electron chi connectivity index (χ1n) is 10.0. The van der Waals surface area contributed by atoms with Gasteiger partial charge in [0.05, 0.1) is 0 Å². The lowest BCUT2D eigenvalue weighted by Gasteiger charge is -2.53. The first-order chi connectivity index (χ1) is 11.9. The van der Waals surface area contributed by atoms with Crippen molar-refractivity contribution in [3.05, 3.63) is 29.8 Å². The molecule has 1 aromatic carbocycles. The summed E-state index contributed by atoms with van der Waals surface area (Å²) in [6.07, 6.45) is 3.55. The van der Waals surface area contributed by atoms with E-state index in [1.807, 2.05) is 0 Å². The lowest BCUT2D eigenvalue weighted by Crippen LogP contribution is -2.56. The van der Waals surface area contributed by atoms with E-state index in [1.165, 1.54) is 18.4 Å². The molecule has 1 aliphatic carbocycles. The van der Waals surface area contributed by atoms with E-state index in [1.54, 1.807) is 0 Å². The standard InChI is InChI=1S/C22H36N2O/c1-16-14-22(3)20(13-18-9-6-7-10-21(18)25-22)17(2)19(16)15-23-11-8-12-24(4)5/h6-7,9-10,16-17,19-20,23H,8,11-15H2,1-5H3/t16-,17+,19+,20+,22-/m0/s1. The maximum atomic E-state index is 6.56. The summed E-state index contributed by atoms with van der Waals surface area (Å²) in [4.78, 5) is 2.26. The molecule has 2 aliphatic rings. The second-order valence-electron chi connectivity index (χ2n) is 8.90. The maximum absolute atomic E-state index is 6.56. The third kappa shape index (κ3) is 4.03. The van der Waals surface area contributed by atoms with Crippen LogP contribution < -0.4 is 10.1 Å². The smallest absolute Gasteiger partial charge is 0.123 e. The van der Waals surface area contributed by atoms with Crippen molar-refractivity contribution >= 4 is 0 Å². The minimum Gasteiger partial charge on any atom is -0.487 e. The fraction of sp³-hybridized carbons (Fsp3) is 0.727. The molecule has 0 amide bonds. The van der Waals surface area contributed by atoms with E-state index in [0.29, 0.717) is 17.8 Å². The summed E-state index contributed by atoms with van der Waals surface area (Å²) in [5, 5.41) is 3.73. The second-order valence-corrected chi connectivity index (χ2v) is 8.90. The Morgan fingerprint density at radius 1 is 1.24 bits per heavy atom. The predicted molar refractivity (Wildman–Crippen MR) is 105 cm³/mol. The zero-order valence-corrected chi connectivity index (χ0v) is 16.7. The molecular weight excluding hydrogens is 308 g/mol. The Labute approximate surface area is 154 Å². The van der Waals surface area contributed by atoms with Crippen LogP contribution in [-0.2, 0) is 6.42 Å². The molecule has 3 nitrogen and oxygen atoms in total. The Balaban J connectivity index is 1.64. The molecule has 1 heterocycles. The van der Waals surface area contributed by atoms with Gasteiger partial charge in [-0.15, -0.1) is 0 Å². The largest absolute Gasteiger partial charge is 0.487 e. The van der Waals surface area contributed by atoms with Crippen molar-refractivity contribution in [2.45, 2.75) is 45.6 Å². The van der Waals surface area contributed by atoms with Crippen molar-refractivity contribution in [1.29, 1.82) is 0 Å². The van der Waals surface area contributed by atoms with Crippen molar-refractivity contribution in [3.8, 4) is 5.75 Å². The van der Waals surface area contributed by atoms with Crippen LogP contribution in [0.25, 0.3) is 0 Å². The molecule has 3 rings (SSSR count). The Morgan fingerprint density at radius 3 is 2.76 bits per heavy atom.